The van der Waals surface area contributed by atoms with Gasteiger partial charge in [-0.3, -0.25) is 19.2 Å². The van der Waals surface area contributed by atoms with Crippen molar-refractivity contribution in [2.24, 2.45) is 0 Å². The van der Waals surface area contributed by atoms with Crippen molar-refractivity contribution in [2.45, 2.75) is 44.2 Å². The number of hydrogen-bond acceptors (Lipinski definition) is 6. The number of anilines is 1. The van der Waals surface area contributed by atoms with Crippen LogP contribution in [0.1, 0.15) is 32.1 Å². The summed E-state index contributed by atoms with van der Waals surface area (Å²) in [5.74, 6) is -1.62. The van der Waals surface area contributed by atoms with E-state index in [1.807, 2.05) is 0 Å². The monoisotopic (exact) mass is 489 g/mol. The number of amides is 5. The van der Waals surface area contributed by atoms with Gasteiger partial charge in [-0.25, -0.2) is 4.79 Å². The van der Waals surface area contributed by atoms with E-state index in [0.717, 1.165) is 0 Å². The van der Waals surface area contributed by atoms with E-state index in [1.54, 1.807) is 24.3 Å². The van der Waals surface area contributed by atoms with Gasteiger partial charge in [0.2, 0.25) is 17.7 Å². The summed E-state index contributed by atoms with van der Waals surface area (Å²) in [7, 11) is 1.52. The molecule has 12 nitrogen and oxygen atoms in total. The molecule has 1 aromatic rings. The van der Waals surface area contributed by atoms with Crippen molar-refractivity contribution in [2.75, 3.05) is 38.6 Å². The average Bonchev–Trinajstić information content (AvgIpc) is 2.84. The van der Waals surface area contributed by atoms with Gasteiger partial charge in [0.15, 0.2) is 0 Å². The summed E-state index contributed by atoms with van der Waals surface area (Å²) < 4.78 is 5.17. The number of urea groups is 1. The number of methoxy groups -OCH3 is 1. The Morgan fingerprint density at radius 2 is 2.00 bits per heavy atom. The number of carbonyl (C=O) groups is 5. The van der Waals surface area contributed by atoms with Gasteiger partial charge in [0.05, 0.1) is 13.7 Å². The van der Waals surface area contributed by atoms with Crippen LogP contribution in [0.25, 0.3) is 0 Å². The Kier molecular flexibility index (Phi) is 8.87. The highest BCUT2D eigenvalue weighted by molar-refractivity contribution is 5.94. The first-order valence-electron chi connectivity index (χ1n) is 11.6. The van der Waals surface area contributed by atoms with E-state index < -0.39 is 30.0 Å². The first-order valence-corrected chi connectivity index (χ1v) is 11.6. The highest BCUT2D eigenvalue weighted by atomic mass is 16.5. The lowest BCUT2D eigenvalue weighted by molar-refractivity contribution is -0.144. The van der Waals surface area contributed by atoms with Crippen molar-refractivity contribution in [3.8, 4) is 5.75 Å². The molecule has 5 amide bonds. The highest BCUT2D eigenvalue weighted by Gasteiger charge is 2.38. The molecule has 190 valence electrons. The minimum atomic E-state index is -1.01. The molecule has 2 fully saturated rings. The molecule has 2 aliphatic rings. The predicted molar refractivity (Wildman–Crippen MR) is 125 cm³/mol. The third-order valence-corrected chi connectivity index (χ3v) is 5.99. The van der Waals surface area contributed by atoms with Gasteiger partial charge in [-0.2, -0.15) is 0 Å². The molecule has 0 radical (unpaired) electrons. The summed E-state index contributed by atoms with van der Waals surface area (Å²) in [5.41, 5.74) is 0.515. The molecule has 2 unspecified atom stereocenters. The zero-order valence-electron chi connectivity index (χ0n) is 19.6. The van der Waals surface area contributed by atoms with Crippen molar-refractivity contribution >= 4 is 35.4 Å². The number of aliphatic carboxylic acids is 1. The summed E-state index contributed by atoms with van der Waals surface area (Å²) in [6.07, 6.45) is 1.15. The lowest BCUT2D eigenvalue weighted by Crippen LogP contribution is -2.64. The zero-order chi connectivity index (χ0) is 25.4. The smallest absolute Gasteiger partial charge is 0.321 e. The fraction of sp³-hybridized carbons (Fsp3) is 0.522. The third kappa shape index (κ3) is 7.08. The van der Waals surface area contributed by atoms with Crippen LogP contribution in [0, 0.1) is 0 Å². The van der Waals surface area contributed by atoms with Crippen LogP contribution in [-0.4, -0.2) is 90.0 Å². The molecule has 2 aliphatic heterocycles. The van der Waals surface area contributed by atoms with Gasteiger partial charge in [0.1, 0.15) is 17.8 Å². The number of nitrogens with one attached hydrogen (secondary N) is 3. The number of piperidine rings is 1. The van der Waals surface area contributed by atoms with Crippen molar-refractivity contribution in [3.05, 3.63) is 24.3 Å². The van der Waals surface area contributed by atoms with Gasteiger partial charge in [-0.1, -0.05) is 6.07 Å². The molecule has 1 aromatic carbocycles. The van der Waals surface area contributed by atoms with Crippen LogP contribution >= 0.6 is 0 Å². The quantitative estimate of drug-likeness (QED) is 0.411. The van der Waals surface area contributed by atoms with Crippen molar-refractivity contribution in [1.82, 2.24) is 20.4 Å². The van der Waals surface area contributed by atoms with Crippen molar-refractivity contribution in [3.63, 3.8) is 0 Å². The fourth-order valence-corrected chi connectivity index (χ4v) is 4.11. The Hall–Kier alpha value is -3.83. The third-order valence-electron chi connectivity index (χ3n) is 5.99. The summed E-state index contributed by atoms with van der Waals surface area (Å²) in [6.45, 7) is 0.766. The minimum Gasteiger partial charge on any atom is -0.497 e. The molecule has 2 atom stereocenters. The maximum absolute atomic E-state index is 13.2. The van der Waals surface area contributed by atoms with E-state index >= 15 is 0 Å². The Morgan fingerprint density at radius 1 is 1.20 bits per heavy atom. The first-order chi connectivity index (χ1) is 16.8. The van der Waals surface area contributed by atoms with Gasteiger partial charge >= 0.3 is 12.0 Å². The number of carbonyl (C=O) groups excluding carboxylic acids is 4. The van der Waals surface area contributed by atoms with Crippen LogP contribution in [-0.2, 0) is 19.2 Å². The number of carboxylic acids is 1. The van der Waals surface area contributed by atoms with Gasteiger partial charge in [-0.15, -0.1) is 0 Å². The SMILES string of the molecule is COc1cccc(NC(=O)N2CCN(C(=O)CCCC(=O)O)C(C(=O)NC3CCCNC3=O)C2)c1. The number of ether oxygens (including phenoxy) is 1. The van der Waals surface area contributed by atoms with Crippen LogP contribution in [0.5, 0.6) is 5.75 Å². The molecule has 0 spiro atoms. The van der Waals surface area contributed by atoms with Crippen LogP contribution < -0.4 is 20.7 Å². The molecule has 35 heavy (non-hydrogen) atoms. The Balaban J connectivity index is 1.70. The molecule has 12 heteroatoms. The second-order valence-corrected chi connectivity index (χ2v) is 8.45. The predicted octanol–water partition coefficient (Wildman–Crippen LogP) is 0.390. The van der Waals surface area contributed by atoms with Crippen LogP contribution in [0.3, 0.4) is 0 Å². The lowest BCUT2D eigenvalue weighted by atomic mass is 10.0. The summed E-state index contributed by atoms with van der Waals surface area (Å²) in [5, 5.41) is 17.0. The van der Waals surface area contributed by atoms with Crippen LogP contribution in [0.4, 0.5) is 10.5 Å². The fourth-order valence-electron chi connectivity index (χ4n) is 4.11. The molecule has 0 aromatic heterocycles. The minimum absolute atomic E-state index is 0.0317. The molecule has 0 bridgehead atoms. The number of carboxylic acid groups (broad SMARTS) is 1. The van der Waals surface area contributed by atoms with Gasteiger partial charge < -0.3 is 35.6 Å². The van der Waals surface area contributed by atoms with Crippen LogP contribution in [0.2, 0.25) is 0 Å². The molecule has 0 saturated carbocycles. The largest absolute Gasteiger partial charge is 0.497 e. The van der Waals surface area contributed by atoms with E-state index in [1.165, 1.54) is 16.9 Å². The van der Waals surface area contributed by atoms with Crippen molar-refractivity contribution < 1.29 is 33.8 Å². The molecule has 2 saturated heterocycles. The number of hydrogen-bond donors (Lipinski definition) is 4. The molecular formula is C23H31N5O7. The molecular weight excluding hydrogens is 458 g/mol. The van der Waals surface area contributed by atoms with E-state index in [0.29, 0.717) is 30.8 Å². The van der Waals surface area contributed by atoms with E-state index in [9.17, 15) is 24.0 Å². The number of nitrogens with zero attached hydrogens (tertiary/aromatic N) is 2. The zero-order valence-corrected chi connectivity index (χ0v) is 19.6. The number of rotatable bonds is 8. The van der Waals surface area contributed by atoms with E-state index in [-0.39, 0.29) is 50.7 Å². The second-order valence-electron chi connectivity index (χ2n) is 8.45. The maximum Gasteiger partial charge on any atom is 0.321 e. The van der Waals surface area contributed by atoms with E-state index in [2.05, 4.69) is 16.0 Å². The number of piperazine rings is 1. The van der Waals surface area contributed by atoms with Crippen LogP contribution in [0.15, 0.2) is 24.3 Å². The maximum atomic E-state index is 13.2. The first kappa shape index (κ1) is 25.8. The Morgan fingerprint density at radius 3 is 2.71 bits per heavy atom. The van der Waals surface area contributed by atoms with Gasteiger partial charge in [0, 0.05) is 44.2 Å². The number of benzene rings is 1. The normalized spacial score (nSPS) is 20.0. The summed E-state index contributed by atoms with van der Waals surface area (Å²) in [4.78, 5) is 64.6. The standard InChI is InChI=1S/C23H31N5O7/c1-35-16-6-2-5-15(13-16)25-23(34)27-11-12-28(19(29)8-3-9-20(30)31)18(14-27)22(33)26-17-7-4-10-24-21(17)32/h2,5-6,13,17-18H,3-4,7-12,14H2,1H3,(H,24,32)(H,25,34)(H,26,33)(H,30,31). The highest BCUT2D eigenvalue weighted by Crippen LogP contribution is 2.19. The van der Waals surface area contributed by atoms with Crippen molar-refractivity contribution in [1.29, 1.82) is 0 Å². The second kappa shape index (κ2) is 12.0. The summed E-state index contributed by atoms with van der Waals surface area (Å²) in [6, 6.07) is 4.68. The molecule has 3 rings (SSSR count). The molecule has 2 heterocycles. The van der Waals surface area contributed by atoms with E-state index in [4.69, 9.17) is 9.84 Å². The average molecular weight is 490 g/mol. The Labute approximate surface area is 203 Å². The topological polar surface area (TPSA) is 157 Å². The summed E-state index contributed by atoms with van der Waals surface area (Å²) >= 11 is 0. The molecule has 0 aliphatic carbocycles. The lowest BCUT2D eigenvalue weighted by Gasteiger charge is -2.41. The van der Waals surface area contributed by atoms with Gasteiger partial charge in [0.25, 0.3) is 0 Å². The van der Waals surface area contributed by atoms with Gasteiger partial charge in [-0.05, 0) is 31.4 Å². The molecule has 4 N–H and O–H groups in total. The Bertz CT molecular complexity index is 969.